The molecule has 0 aliphatic carbocycles. The van der Waals surface area contributed by atoms with Crippen molar-refractivity contribution in [3.8, 4) is 0 Å². The Morgan fingerprint density at radius 2 is 2.12 bits per heavy atom. The zero-order chi connectivity index (χ0) is 12.9. The summed E-state index contributed by atoms with van der Waals surface area (Å²) in [6.45, 7) is 12.4. The molecule has 0 radical (unpaired) electrons. The van der Waals surface area contributed by atoms with Gasteiger partial charge in [0.15, 0.2) is 0 Å². The molecule has 0 saturated heterocycles. The van der Waals surface area contributed by atoms with Gasteiger partial charge in [-0.1, -0.05) is 26.8 Å². The van der Waals surface area contributed by atoms with Gasteiger partial charge in [0.25, 0.3) is 0 Å². The first-order chi connectivity index (χ1) is 7.98. The van der Waals surface area contributed by atoms with E-state index in [1.54, 1.807) is 0 Å². The summed E-state index contributed by atoms with van der Waals surface area (Å²) in [5.41, 5.74) is 8.38. The van der Waals surface area contributed by atoms with Gasteiger partial charge in [-0.3, -0.25) is 9.88 Å². The molecule has 0 aliphatic rings. The van der Waals surface area contributed by atoms with Crippen LogP contribution >= 0.6 is 0 Å². The molecule has 0 aromatic carbocycles. The standard InChI is InChI=1S/C14H25N3/c1-5-17(11-14(3,4)10-15)9-13-12(2)7-6-8-16-13/h6-8H,5,9-11,15H2,1-4H3. The predicted octanol–water partition coefficient (Wildman–Crippen LogP) is 2.20. The molecule has 2 N–H and O–H groups in total. The van der Waals surface area contributed by atoms with Crippen molar-refractivity contribution in [2.75, 3.05) is 19.6 Å². The molecule has 17 heavy (non-hydrogen) atoms. The molecule has 0 amide bonds. The van der Waals surface area contributed by atoms with E-state index in [1.165, 1.54) is 11.3 Å². The molecule has 1 rings (SSSR count). The number of nitrogens with two attached hydrogens (primary N) is 1. The topological polar surface area (TPSA) is 42.2 Å². The van der Waals surface area contributed by atoms with Crippen molar-refractivity contribution in [1.82, 2.24) is 9.88 Å². The molecule has 1 aromatic heterocycles. The minimum Gasteiger partial charge on any atom is -0.330 e. The van der Waals surface area contributed by atoms with E-state index in [9.17, 15) is 0 Å². The normalized spacial score (nSPS) is 12.1. The Hall–Kier alpha value is -0.930. The summed E-state index contributed by atoms with van der Waals surface area (Å²) in [5.74, 6) is 0. The largest absolute Gasteiger partial charge is 0.330 e. The van der Waals surface area contributed by atoms with Crippen LogP contribution in [-0.2, 0) is 6.54 Å². The summed E-state index contributed by atoms with van der Waals surface area (Å²) in [7, 11) is 0. The quantitative estimate of drug-likeness (QED) is 0.822. The van der Waals surface area contributed by atoms with Crippen LogP contribution in [0, 0.1) is 12.3 Å². The number of pyridine rings is 1. The Kier molecular flexibility index (Phi) is 5.09. The van der Waals surface area contributed by atoms with Crippen LogP contribution in [0.2, 0.25) is 0 Å². The van der Waals surface area contributed by atoms with E-state index in [-0.39, 0.29) is 5.41 Å². The van der Waals surface area contributed by atoms with Crippen LogP contribution in [0.4, 0.5) is 0 Å². The van der Waals surface area contributed by atoms with E-state index in [0.717, 1.165) is 19.6 Å². The number of hydrogen-bond acceptors (Lipinski definition) is 3. The molecule has 1 aromatic rings. The SMILES string of the molecule is CCN(Cc1ncccc1C)CC(C)(C)CN. The maximum atomic E-state index is 5.79. The molecule has 96 valence electrons. The fourth-order valence-electron chi connectivity index (χ4n) is 1.85. The van der Waals surface area contributed by atoms with E-state index < -0.39 is 0 Å². The molecule has 0 aliphatic heterocycles. The maximum Gasteiger partial charge on any atom is 0.0573 e. The summed E-state index contributed by atoms with van der Waals surface area (Å²) in [5, 5.41) is 0. The minimum atomic E-state index is 0.165. The van der Waals surface area contributed by atoms with Crippen LogP contribution in [0.25, 0.3) is 0 Å². The molecule has 0 spiro atoms. The fourth-order valence-corrected chi connectivity index (χ4v) is 1.85. The van der Waals surface area contributed by atoms with Gasteiger partial charge in [0.1, 0.15) is 0 Å². The van der Waals surface area contributed by atoms with Crippen molar-refractivity contribution in [3.63, 3.8) is 0 Å². The highest BCUT2D eigenvalue weighted by molar-refractivity contribution is 5.17. The predicted molar refractivity (Wildman–Crippen MR) is 72.8 cm³/mol. The Labute approximate surface area is 105 Å². The molecule has 3 heteroatoms. The van der Waals surface area contributed by atoms with Crippen LogP contribution in [0.3, 0.4) is 0 Å². The molecule has 1 heterocycles. The Morgan fingerprint density at radius 3 is 2.65 bits per heavy atom. The van der Waals surface area contributed by atoms with Crippen molar-refractivity contribution < 1.29 is 0 Å². The van der Waals surface area contributed by atoms with E-state index in [1.807, 2.05) is 12.3 Å². The number of rotatable bonds is 6. The van der Waals surface area contributed by atoms with Crippen molar-refractivity contribution in [3.05, 3.63) is 29.6 Å². The highest BCUT2D eigenvalue weighted by atomic mass is 15.1. The molecule has 0 fully saturated rings. The van der Waals surface area contributed by atoms with Crippen LogP contribution in [0.1, 0.15) is 32.0 Å². The van der Waals surface area contributed by atoms with E-state index >= 15 is 0 Å². The zero-order valence-electron chi connectivity index (χ0n) is 11.5. The first-order valence-corrected chi connectivity index (χ1v) is 6.31. The monoisotopic (exact) mass is 235 g/mol. The van der Waals surface area contributed by atoms with Crippen LogP contribution < -0.4 is 5.73 Å². The lowest BCUT2D eigenvalue weighted by molar-refractivity contribution is 0.181. The Bertz CT molecular complexity index is 347. The number of aryl methyl sites for hydroxylation is 1. The summed E-state index contributed by atoms with van der Waals surface area (Å²) >= 11 is 0. The minimum absolute atomic E-state index is 0.165. The summed E-state index contributed by atoms with van der Waals surface area (Å²) in [4.78, 5) is 6.85. The van der Waals surface area contributed by atoms with Gasteiger partial charge in [-0.25, -0.2) is 0 Å². The number of aromatic nitrogens is 1. The first kappa shape index (κ1) is 14.1. The molecule has 0 bridgehead atoms. The smallest absolute Gasteiger partial charge is 0.0573 e. The lowest BCUT2D eigenvalue weighted by Crippen LogP contribution is -2.38. The second kappa shape index (κ2) is 6.12. The molecule has 0 saturated carbocycles. The fraction of sp³-hybridized carbons (Fsp3) is 0.643. The van der Waals surface area contributed by atoms with Gasteiger partial charge in [-0.05, 0) is 37.1 Å². The van der Waals surface area contributed by atoms with E-state index in [2.05, 4.69) is 43.6 Å². The number of nitrogens with zero attached hydrogens (tertiary/aromatic N) is 2. The summed E-state index contributed by atoms with van der Waals surface area (Å²) < 4.78 is 0. The van der Waals surface area contributed by atoms with E-state index in [4.69, 9.17) is 5.73 Å². The second-order valence-electron chi connectivity index (χ2n) is 5.44. The third kappa shape index (κ3) is 4.44. The zero-order valence-corrected chi connectivity index (χ0v) is 11.5. The van der Waals surface area contributed by atoms with Gasteiger partial charge in [0.05, 0.1) is 5.69 Å². The van der Waals surface area contributed by atoms with Gasteiger partial charge >= 0.3 is 0 Å². The second-order valence-corrected chi connectivity index (χ2v) is 5.44. The highest BCUT2D eigenvalue weighted by Gasteiger charge is 2.19. The molecule has 0 unspecified atom stereocenters. The Morgan fingerprint density at radius 1 is 1.41 bits per heavy atom. The molecular weight excluding hydrogens is 210 g/mol. The maximum absolute atomic E-state index is 5.79. The third-order valence-electron chi connectivity index (χ3n) is 3.14. The van der Waals surface area contributed by atoms with Crippen molar-refractivity contribution in [2.24, 2.45) is 11.1 Å². The van der Waals surface area contributed by atoms with Crippen LogP contribution in [0.5, 0.6) is 0 Å². The first-order valence-electron chi connectivity index (χ1n) is 6.31. The van der Waals surface area contributed by atoms with Gasteiger partial charge in [0.2, 0.25) is 0 Å². The lowest BCUT2D eigenvalue weighted by atomic mass is 9.93. The van der Waals surface area contributed by atoms with Crippen molar-refractivity contribution in [2.45, 2.75) is 34.2 Å². The molecule has 0 atom stereocenters. The summed E-state index contributed by atoms with van der Waals surface area (Å²) in [6.07, 6.45) is 1.87. The van der Waals surface area contributed by atoms with Crippen LogP contribution in [-0.4, -0.2) is 29.5 Å². The summed E-state index contributed by atoms with van der Waals surface area (Å²) in [6, 6.07) is 4.10. The van der Waals surface area contributed by atoms with Gasteiger partial charge in [-0.2, -0.15) is 0 Å². The molecule has 3 nitrogen and oxygen atoms in total. The van der Waals surface area contributed by atoms with Gasteiger partial charge in [-0.15, -0.1) is 0 Å². The van der Waals surface area contributed by atoms with Crippen LogP contribution in [0.15, 0.2) is 18.3 Å². The van der Waals surface area contributed by atoms with E-state index in [0.29, 0.717) is 6.54 Å². The van der Waals surface area contributed by atoms with Crippen molar-refractivity contribution in [1.29, 1.82) is 0 Å². The Balaban J connectivity index is 2.68. The van der Waals surface area contributed by atoms with Gasteiger partial charge < -0.3 is 5.73 Å². The lowest BCUT2D eigenvalue weighted by Gasteiger charge is -2.31. The average molecular weight is 235 g/mol. The highest BCUT2D eigenvalue weighted by Crippen LogP contribution is 2.17. The third-order valence-corrected chi connectivity index (χ3v) is 3.14. The van der Waals surface area contributed by atoms with Crippen molar-refractivity contribution >= 4 is 0 Å². The average Bonchev–Trinajstić information content (AvgIpc) is 2.31. The van der Waals surface area contributed by atoms with Gasteiger partial charge in [0, 0.05) is 19.3 Å². The number of hydrogen-bond donors (Lipinski definition) is 1. The molecular formula is C14H25N3.